The maximum atomic E-state index is 12.0. The second-order valence-corrected chi connectivity index (χ2v) is 6.15. The fraction of sp³-hybridized carbons (Fsp3) is 0.500. The van der Waals surface area contributed by atoms with Crippen molar-refractivity contribution < 1.29 is 19.4 Å². The highest BCUT2D eigenvalue weighted by molar-refractivity contribution is 5.92. The van der Waals surface area contributed by atoms with Crippen LogP contribution in [0.4, 0.5) is 0 Å². The number of esters is 1. The lowest BCUT2D eigenvalue weighted by molar-refractivity contribution is 0.00948. The first-order valence-corrected chi connectivity index (χ1v) is 6.92. The Morgan fingerprint density at radius 2 is 1.60 bits per heavy atom. The minimum atomic E-state index is -1.00. The normalized spacial score (nSPS) is 18.5. The van der Waals surface area contributed by atoms with E-state index in [-0.39, 0.29) is 17.6 Å². The van der Waals surface area contributed by atoms with Crippen LogP contribution in [0.1, 0.15) is 60.2 Å². The zero-order valence-electron chi connectivity index (χ0n) is 11.9. The summed E-state index contributed by atoms with van der Waals surface area (Å²) in [5, 5.41) is 8.81. The molecule has 2 rings (SSSR count). The van der Waals surface area contributed by atoms with Crippen molar-refractivity contribution in [3.05, 3.63) is 35.4 Å². The zero-order valence-corrected chi connectivity index (χ0v) is 11.9. The van der Waals surface area contributed by atoms with Gasteiger partial charge in [-0.25, -0.2) is 9.59 Å². The summed E-state index contributed by atoms with van der Waals surface area (Å²) in [7, 11) is 0. The molecule has 1 aliphatic rings. The number of rotatable bonds is 3. The van der Waals surface area contributed by atoms with Crippen molar-refractivity contribution in [1.82, 2.24) is 0 Å². The minimum Gasteiger partial charge on any atom is -0.478 e. The van der Waals surface area contributed by atoms with Gasteiger partial charge in [-0.05, 0) is 55.4 Å². The van der Waals surface area contributed by atoms with Gasteiger partial charge in [-0.15, -0.1) is 0 Å². The van der Waals surface area contributed by atoms with Crippen LogP contribution in [0.2, 0.25) is 0 Å². The average molecular weight is 276 g/mol. The van der Waals surface area contributed by atoms with E-state index in [0.29, 0.717) is 11.0 Å². The van der Waals surface area contributed by atoms with Gasteiger partial charge in [0.15, 0.2) is 0 Å². The highest BCUT2D eigenvalue weighted by atomic mass is 16.5. The van der Waals surface area contributed by atoms with Crippen molar-refractivity contribution in [2.24, 2.45) is 5.41 Å². The van der Waals surface area contributed by atoms with E-state index in [9.17, 15) is 9.59 Å². The smallest absolute Gasteiger partial charge is 0.338 e. The lowest BCUT2D eigenvalue weighted by Crippen LogP contribution is -2.28. The van der Waals surface area contributed by atoms with Gasteiger partial charge in [-0.3, -0.25) is 0 Å². The Bertz CT molecular complexity index is 492. The number of carboxylic acids is 1. The van der Waals surface area contributed by atoms with Crippen LogP contribution in [0, 0.1) is 5.41 Å². The van der Waals surface area contributed by atoms with E-state index in [1.807, 2.05) is 0 Å². The lowest BCUT2D eigenvalue weighted by atomic mass is 9.76. The Labute approximate surface area is 118 Å². The molecule has 0 amide bonds. The molecule has 0 aromatic heterocycles. The summed E-state index contributed by atoms with van der Waals surface area (Å²) < 4.78 is 5.48. The number of hydrogen-bond donors (Lipinski definition) is 1. The van der Waals surface area contributed by atoms with Crippen molar-refractivity contribution >= 4 is 11.9 Å². The molecule has 4 nitrogen and oxygen atoms in total. The maximum absolute atomic E-state index is 12.0. The number of ether oxygens (including phenoxy) is 1. The van der Waals surface area contributed by atoms with Crippen molar-refractivity contribution in [2.45, 2.75) is 45.6 Å². The van der Waals surface area contributed by atoms with Crippen molar-refractivity contribution in [2.75, 3.05) is 0 Å². The molecule has 20 heavy (non-hydrogen) atoms. The molecular weight excluding hydrogens is 256 g/mol. The first-order valence-electron chi connectivity index (χ1n) is 6.92. The van der Waals surface area contributed by atoms with Gasteiger partial charge in [0.25, 0.3) is 0 Å². The third-order valence-electron chi connectivity index (χ3n) is 3.93. The molecule has 1 saturated carbocycles. The molecule has 0 aliphatic heterocycles. The van der Waals surface area contributed by atoms with E-state index >= 15 is 0 Å². The van der Waals surface area contributed by atoms with Crippen LogP contribution >= 0.6 is 0 Å². The molecule has 1 fully saturated rings. The zero-order chi connectivity index (χ0) is 14.8. The predicted molar refractivity (Wildman–Crippen MR) is 74.9 cm³/mol. The van der Waals surface area contributed by atoms with E-state index in [2.05, 4.69) is 13.8 Å². The number of hydrogen-bond acceptors (Lipinski definition) is 3. The van der Waals surface area contributed by atoms with Crippen LogP contribution in [0.3, 0.4) is 0 Å². The van der Waals surface area contributed by atoms with Crippen molar-refractivity contribution in [1.29, 1.82) is 0 Å². The largest absolute Gasteiger partial charge is 0.478 e. The molecule has 0 saturated heterocycles. The molecule has 1 aliphatic carbocycles. The first kappa shape index (κ1) is 14.6. The van der Waals surface area contributed by atoms with Crippen LogP contribution in [-0.2, 0) is 4.74 Å². The second-order valence-electron chi connectivity index (χ2n) is 6.15. The number of aromatic carboxylic acids is 1. The summed E-state index contributed by atoms with van der Waals surface area (Å²) in [5.74, 6) is -1.37. The Balaban J connectivity index is 1.93. The van der Waals surface area contributed by atoms with Gasteiger partial charge in [0, 0.05) is 0 Å². The number of carboxylic acid groups (broad SMARTS) is 1. The molecule has 0 heterocycles. The van der Waals surface area contributed by atoms with Crippen molar-refractivity contribution in [3.8, 4) is 0 Å². The maximum Gasteiger partial charge on any atom is 0.338 e. The summed E-state index contributed by atoms with van der Waals surface area (Å²) in [6.07, 6.45) is 3.89. The first-order chi connectivity index (χ1) is 9.37. The molecule has 0 radical (unpaired) electrons. The number of carbonyl (C=O) groups excluding carboxylic acids is 1. The second kappa shape index (κ2) is 5.65. The Morgan fingerprint density at radius 1 is 1.10 bits per heavy atom. The topological polar surface area (TPSA) is 63.6 Å². The fourth-order valence-corrected chi connectivity index (χ4v) is 2.46. The summed E-state index contributed by atoms with van der Waals surface area (Å²) in [6.45, 7) is 4.46. The quantitative estimate of drug-likeness (QED) is 0.858. The van der Waals surface area contributed by atoms with Gasteiger partial charge in [0.1, 0.15) is 6.10 Å². The van der Waals surface area contributed by atoms with Gasteiger partial charge in [-0.1, -0.05) is 13.8 Å². The SMILES string of the molecule is CC1(C)CCC(OC(=O)c2ccc(C(=O)O)cc2)CC1. The molecule has 1 aromatic carbocycles. The van der Waals surface area contributed by atoms with Gasteiger partial charge in [0.05, 0.1) is 11.1 Å². The van der Waals surface area contributed by atoms with Crippen molar-refractivity contribution in [3.63, 3.8) is 0 Å². The molecule has 108 valence electrons. The van der Waals surface area contributed by atoms with Crippen LogP contribution in [0.5, 0.6) is 0 Å². The summed E-state index contributed by atoms with van der Waals surface area (Å²) in [4.78, 5) is 22.7. The highest BCUT2D eigenvalue weighted by Gasteiger charge is 2.29. The Morgan fingerprint density at radius 3 is 2.10 bits per heavy atom. The molecule has 4 heteroatoms. The summed E-state index contributed by atoms with van der Waals surface area (Å²) >= 11 is 0. The van der Waals surface area contributed by atoms with E-state index in [1.54, 1.807) is 0 Å². The van der Waals surface area contributed by atoms with Crippen LogP contribution in [-0.4, -0.2) is 23.1 Å². The van der Waals surface area contributed by atoms with Gasteiger partial charge >= 0.3 is 11.9 Å². The standard InChI is InChI=1S/C16H20O4/c1-16(2)9-7-13(8-10-16)20-15(19)12-5-3-11(4-6-12)14(17)18/h3-6,13H,7-10H2,1-2H3,(H,17,18). The van der Waals surface area contributed by atoms with E-state index in [4.69, 9.17) is 9.84 Å². The molecule has 1 N–H and O–H groups in total. The average Bonchev–Trinajstić information content (AvgIpc) is 2.41. The van der Waals surface area contributed by atoms with E-state index in [0.717, 1.165) is 25.7 Å². The molecule has 0 bridgehead atoms. The molecular formula is C16H20O4. The summed E-state index contributed by atoms with van der Waals surface area (Å²) in [5.41, 5.74) is 0.910. The monoisotopic (exact) mass is 276 g/mol. The van der Waals surface area contributed by atoms with E-state index < -0.39 is 5.97 Å². The Hall–Kier alpha value is -1.84. The predicted octanol–water partition coefficient (Wildman–Crippen LogP) is 3.51. The Kier molecular flexibility index (Phi) is 4.12. The number of benzene rings is 1. The molecule has 1 aromatic rings. The lowest BCUT2D eigenvalue weighted by Gasteiger charge is -2.33. The van der Waals surface area contributed by atoms with Crippen LogP contribution < -0.4 is 0 Å². The van der Waals surface area contributed by atoms with Crippen LogP contribution in [0.15, 0.2) is 24.3 Å². The third-order valence-corrected chi connectivity index (χ3v) is 3.93. The van der Waals surface area contributed by atoms with E-state index in [1.165, 1.54) is 24.3 Å². The fourth-order valence-electron chi connectivity index (χ4n) is 2.46. The van der Waals surface area contributed by atoms with Crippen LogP contribution in [0.25, 0.3) is 0 Å². The van der Waals surface area contributed by atoms with Gasteiger partial charge in [0.2, 0.25) is 0 Å². The summed E-state index contributed by atoms with van der Waals surface area (Å²) in [6, 6.07) is 5.84. The minimum absolute atomic E-state index is 0.0188. The van der Waals surface area contributed by atoms with Gasteiger partial charge < -0.3 is 9.84 Å². The van der Waals surface area contributed by atoms with Gasteiger partial charge in [-0.2, -0.15) is 0 Å². The number of carbonyl (C=O) groups is 2. The highest BCUT2D eigenvalue weighted by Crippen LogP contribution is 2.36. The molecule has 0 atom stereocenters. The molecule has 0 unspecified atom stereocenters. The third kappa shape index (κ3) is 3.59. The molecule has 0 spiro atoms.